The Bertz CT molecular complexity index is 728. The van der Waals surface area contributed by atoms with E-state index in [1.54, 1.807) is 0 Å². The van der Waals surface area contributed by atoms with Gasteiger partial charge in [0, 0.05) is 23.3 Å². The number of aryl methyl sites for hydroxylation is 2. The van der Waals surface area contributed by atoms with Gasteiger partial charge >= 0.3 is 0 Å². The lowest BCUT2D eigenvalue weighted by Gasteiger charge is -2.32. The number of carbonyl (C=O) groups excluding carboxylic acids is 1. The maximum Gasteiger partial charge on any atom is 0.226 e. The van der Waals surface area contributed by atoms with E-state index in [1.165, 1.54) is 0 Å². The first-order chi connectivity index (χ1) is 12.5. The van der Waals surface area contributed by atoms with E-state index in [-0.39, 0.29) is 49.0 Å². The van der Waals surface area contributed by atoms with E-state index in [4.69, 9.17) is 0 Å². The number of hydrogen-bond donors (Lipinski definition) is 1. The Labute approximate surface area is 192 Å². The maximum absolute atomic E-state index is 13.3. The average molecular weight is 462 g/mol. The zero-order valence-electron chi connectivity index (χ0n) is 17.1. The Morgan fingerprint density at radius 1 is 1.00 bits per heavy atom. The van der Waals surface area contributed by atoms with E-state index in [0.717, 1.165) is 42.2 Å². The summed E-state index contributed by atoms with van der Waals surface area (Å²) in [4.78, 5) is 24.4. The largest absolute Gasteiger partial charge is 0.331 e. The van der Waals surface area contributed by atoms with E-state index in [1.807, 2.05) is 55.1 Å². The van der Waals surface area contributed by atoms with Crippen molar-refractivity contribution in [1.29, 1.82) is 0 Å². The summed E-state index contributed by atoms with van der Waals surface area (Å²) in [5.41, 5.74) is 3.79. The molecule has 2 aromatic heterocycles. The SMILES string of the molecule is Cc1cccc(CN(Cc2cccc(C)n2)C(=O)[C@H]2CCN[C@@H](C)C2)n1.Cl.Cl.Cl. The molecule has 3 heterocycles. The molecule has 0 aromatic carbocycles. The second-order valence-corrected chi connectivity index (χ2v) is 7.31. The van der Waals surface area contributed by atoms with Crippen LogP contribution in [0, 0.1) is 19.8 Å². The molecule has 1 aliphatic heterocycles. The van der Waals surface area contributed by atoms with Gasteiger partial charge in [0.05, 0.1) is 24.5 Å². The van der Waals surface area contributed by atoms with Crippen LogP contribution in [0.25, 0.3) is 0 Å². The molecule has 2 atom stereocenters. The number of aromatic nitrogens is 2. The van der Waals surface area contributed by atoms with E-state index < -0.39 is 0 Å². The molecule has 162 valence electrons. The molecule has 0 aliphatic carbocycles. The Morgan fingerprint density at radius 3 is 1.97 bits per heavy atom. The highest BCUT2D eigenvalue weighted by molar-refractivity contribution is 5.86. The molecule has 1 N–H and O–H groups in total. The molecule has 0 saturated carbocycles. The lowest BCUT2D eigenvalue weighted by Crippen LogP contribution is -2.44. The monoisotopic (exact) mass is 460 g/mol. The van der Waals surface area contributed by atoms with Crippen molar-refractivity contribution in [3.8, 4) is 0 Å². The van der Waals surface area contributed by atoms with Crippen LogP contribution in [0.5, 0.6) is 0 Å². The van der Waals surface area contributed by atoms with Crippen molar-refractivity contribution in [2.75, 3.05) is 6.54 Å². The molecular weight excluding hydrogens is 431 g/mol. The number of rotatable bonds is 5. The summed E-state index contributed by atoms with van der Waals surface area (Å²) in [5.74, 6) is 0.283. The molecule has 3 rings (SSSR count). The van der Waals surface area contributed by atoms with Gasteiger partial charge in [0.1, 0.15) is 0 Å². The highest BCUT2D eigenvalue weighted by atomic mass is 35.5. The lowest BCUT2D eigenvalue weighted by molar-refractivity contribution is -0.138. The maximum atomic E-state index is 13.3. The van der Waals surface area contributed by atoms with Crippen molar-refractivity contribution in [2.24, 2.45) is 5.92 Å². The molecule has 2 aromatic rings. The fraction of sp³-hybridized carbons (Fsp3) is 0.476. The predicted molar refractivity (Wildman–Crippen MR) is 124 cm³/mol. The Hall–Kier alpha value is -1.40. The van der Waals surface area contributed by atoms with Crippen LogP contribution in [0.2, 0.25) is 0 Å². The number of halogens is 3. The van der Waals surface area contributed by atoms with Crippen molar-refractivity contribution in [2.45, 2.75) is 52.7 Å². The number of carbonyl (C=O) groups is 1. The molecular formula is C21H31Cl3N4O. The van der Waals surface area contributed by atoms with Crippen LogP contribution < -0.4 is 5.32 Å². The molecule has 1 fully saturated rings. The van der Waals surface area contributed by atoms with Gasteiger partial charge in [-0.1, -0.05) is 12.1 Å². The van der Waals surface area contributed by atoms with Crippen LogP contribution in [0.15, 0.2) is 36.4 Å². The fourth-order valence-corrected chi connectivity index (χ4v) is 3.59. The van der Waals surface area contributed by atoms with Crippen LogP contribution >= 0.6 is 37.2 Å². The molecule has 0 bridgehead atoms. The van der Waals surface area contributed by atoms with Crippen LogP contribution in [0.4, 0.5) is 0 Å². The third kappa shape index (κ3) is 8.09. The molecule has 0 unspecified atom stereocenters. The van der Waals surface area contributed by atoms with E-state index >= 15 is 0 Å². The highest BCUT2D eigenvalue weighted by Crippen LogP contribution is 2.21. The predicted octanol–water partition coefficient (Wildman–Crippen LogP) is 4.28. The first-order valence-electron chi connectivity index (χ1n) is 9.38. The van der Waals surface area contributed by atoms with Gasteiger partial charge in [-0.25, -0.2) is 0 Å². The third-order valence-electron chi connectivity index (χ3n) is 4.88. The summed E-state index contributed by atoms with van der Waals surface area (Å²) < 4.78 is 0. The highest BCUT2D eigenvalue weighted by Gasteiger charge is 2.29. The average Bonchev–Trinajstić information content (AvgIpc) is 2.61. The lowest BCUT2D eigenvalue weighted by atomic mass is 9.92. The Morgan fingerprint density at radius 2 is 1.52 bits per heavy atom. The van der Waals surface area contributed by atoms with Gasteiger partial charge in [-0.15, -0.1) is 37.2 Å². The van der Waals surface area contributed by atoms with Crippen molar-refractivity contribution in [3.63, 3.8) is 0 Å². The van der Waals surface area contributed by atoms with Crippen LogP contribution in [0.1, 0.15) is 42.5 Å². The number of pyridine rings is 2. The van der Waals surface area contributed by atoms with Crippen LogP contribution in [0.3, 0.4) is 0 Å². The number of nitrogens with zero attached hydrogens (tertiary/aromatic N) is 3. The summed E-state index contributed by atoms with van der Waals surface area (Å²) in [6, 6.07) is 12.3. The minimum Gasteiger partial charge on any atom is -0.331 e. The molecule has 0 radical (unpaired) electrons. The molecule has 0 spiro atoms. The summed E-state index contributed by atoms with van der Waals surface area (Å²) in [5, 5.41) is 3.42. The molecule has 29 heavy (non-hydrogen) atoms. The summed E-state index contributed by atoms with van der Waals surface area (Å²) in [6.07, 6.45) is 1.78. The number of hydrogen-bond acceptors (Lipinski definition) is 4. The van der Waals surface area contributed by atoms with Crippen LogP contribution in [-0.2, 0) is 17.9 Å². The zero-order valence-corrected chi connectivity index (χ0v) is 19.6. The number of amides is 1. The van der Waals surface area contributed by atoms with Gasteiger partial charge < -0.3 is 10.2 Å². The summed E-state index contributed by atoms with van der Waals surface area (Å²) in [7, 11) is 0. The van der Waals surface area contributed by atoms with Crippen molar-refractivity contribution < 1.29 is 4.79 Å². The number of nitrogens with one attached hydrogen (secondary N) is 1. The Kier molecular flexibility index (Phi) is 12.4. The van der Waals surface area contributed by atoms with Crippen molar-refractivity contribution in [1.82, 2.24) is 20.2 Å². The second-order valence-electron chi connectivity index (χ2n) is 7.31. The van der Waals surface area contributed by atoms with Gasteiger partial charge in [-0.05, 0) is 64.4 Å². The van der Waals surface area contributed by atoms with Gasteiger partial charge in [0.15, 0.2) is 0 Å². The Balaban J connectivity index is 0.00000261. The van der Waals surface area contributed by atoms with E-state index in [2.05, 4.69) is 22.2 Å². The standard InChI is InChI=1S/C21H28N4O.3ClH/c1-15-6-4-8-19(23-15)13-25(14-20-9-5-7-16(2)24-20)21(26)18-10-11-22-17(3)12-18;;;/h4-9,17-18,22H,10-14H2,1-3H3;3*1H/t17-,18-;;;/m0.../s1. The van der Waals surface area contributed by atoms with Gasteiger partial charge in [-0.2, -0.15) is 0 Å². The van der Waals surface area contributed by atoms with Crippen molar-refractivity contribution >= 4 is 43.1 Å². The quantitative estimate of drug-likeness (QED) is 0.722. The summed E-state index contributed by atoms with van der Waals surface area (Å²) >= 11 is 0. The minimum absolute atomic E-state index is 0. The van der Waals surface area contributed by atoms with E-state index in [0.29, 0.717) is 19.1 Å². The number of piperidine rings is 1. The fourth-order valence-electron chi connectivity index (χ4n) is 3.59. The zero-order chi connectivity index (χ0) is 18.5. The van der Waals surface area contributed by atoms with Gasteiger partial charge in [0.25, 0.3) is 0 Å². The molecule has 1 aliphatic rings. The normalized spacial score (nSPS) is 17.9. The van der Waals surface area contributed by atoms with Gasteiger partial charge in [-0.3, -0.25) is 14.8 Å². The first kappa shape index (κ1) is 27.6. The van der Waals surface area contributed by atoms with Crippen molar-refractivity contribution in [3.05, 3.63) is 59.2 Å². The first-order valence-corrected chi connectivity index (χ1v) is 9.38. The molecule has 5 nitrogen and oxygen atoms in total. The van der Waals surface area contributed by atoms with Gasteiger partial charge in [0.2, 0.25) is 5.91 Å². The molecule has 1 amide bonds. The topological polar surface area (TPSA) is 58.1 Å². The van der Waals surface area contributed by atoms with E-state index in [9.17, 15) is 4.79 Å². The summed E-state index contributed by atoms with van der Waals surface area (Å²) in [6.45, 7) is 8.05. The van der Waals surface area contributed by atoms with Crippen LogP contribution in [-0.4, -0.2) is 33.4 Å². The minimum atomic E-state index is 0. The molecule has 1 saturated heterocycles. The molecule has 8 heteroatoms. The second kappa shape index (κ2) is 13.0. The smallest absolute Gasteiger partial charge is 0.226 e. The third-order valence-corrected chi connectivity index (χ3v) is 4.88.